The van der Waals surface area contributed by atoms with Crippen molar-refractivity contribution in [1.82, 2.24) is 9.88 Å². The predicted octanol–water partition coefficient (Wildman–Crippen LogP) is 0.618. The highest BCUT2D eigenvalue weighted by atomic mass is 16.5. The number of hydrazine groups is 1. The molecule has 0 radical (unpaired) electrons. The first-order valence-corrected chi connectivity index (χ1v) is 6.04. The first-order valence-electron chi connectivity index (χ1n) is 6.04. The topological polar surface area (TPSA) is 80.5 Å². The number of nitrogens with two attached hydrogens (primary N) is 1. The molecule has 1 atom stereocenters. The summed E-state index contributed by atoms with van der Waals surface area (Å²) in [5.41, 5.74) is 3.60. The van der Waals surface area contributed by atoms with Crippen molar-refractivity contribution in [2.75, 3.05) is 25.1 Å². The van der Waals surface area contributed by atoms with E-state index in [1.807, 2.05) is 6.92 Å². The summed E-state index contributed by atoms with van der Waals surface area (Å²) in [6, 6.07) is 3.41. The molecule has 1 amide bonds. The maximum absolute atomic E-state index is 12.3. The van der Waals surface area contributed by atoms with Gasteiger partial charge < -0.3 is 15.1 Å². The summed E-state index contributed by atoms with van der Waals surface area (Å²) in [5.74, 6) is 5.20. The summed E-state index contributed by atoms with van der Waals surface area (Å²) >= 11 is 0. The van der Waals surface area contributed by atoms with Crippen molar-refractivity contribution in [3.8, 4) is 0 Å². The van der Waals surface area contributed by atoms with Crippen molar-refractivity contribution < 1.29 is 9.53 Å². The van der Waals surface area contributed by atoms with Crippen molar-refractivity contribution in [1.29, 1.82) is 0 Å². The lowest BCUT2D eigenvalue weighted by Crippen LogP contribution is -2.36. The number of anilines is 1. The zero-order chi connectivity index (χ0) is 13.0. The van der Waals surface area contributed by atoms with Crippen molar-refractivity contribution in [2.45, 2.75) is 19.4 Å². The molecular formula is C12H18N4O2. The van der Waals surface area contributed by atoms with Crippen LogP contribution in [0.25, 0.3) is 0 Å². The van der Waals surface area contributed by atoms with Crippen molar-refractivity contribution >= 4 is 11.6 Å². The fraction of sp³-hybridized carbons (Fsp3) is 0.500. The summed E-state index contributed by atoms with van der Waals surface area (Å²) in [6.07, 6.45) is 2.48. The molecule has 1 aliphatic heterocycles. The maximum atomic E-state index is 12.3. The molecule has 1 aliphatic rings. The normalized spacial score (nSPS) is 20.3. The van der Waals surface area contributed by atoms with E-state index in [0.29, 0.717) is 31.1 Å². The Morgan fingerprint density at radius 3 is 3.11 bits per heavy atom. The molecule has 2 heterocycles. The molecule has 18 heavy (non-hydrogen) atoms. The third-order valence-electron chi connectivity index (χ3n) is 2.89. The van der Waals surface area contributed by atoms with Crippen LogP contribution >= 0.6 is 0 Å². The predicted molar refractivity (Wildman–Crippen MR) is 68.0 cm³/mol. The summed E-state index contributed by atoms with van der Waals surface area (Å²) in [5, 5.41) is 0. The van der Waals surface area contributed by atoms with Crippen molar-refractivity contribution in [3.63, 3.8) is 0 Å². The van der Waals surface area contributed by atoms with Gasteiger partial charge in [0, 0.05) is 19.7 Å². The van der Waals surface area contributed by atoms with Crippen LogP contribution in [0.1, 0.15) is 23.8 Å². The Balaban J connectivity index is 2.08. The fourth-order valence-corrected chi connectivity index (χ4v) is 1.95. The molecule has 0 spiro atoms. The number of carbonyl (C=O) groups excluding carboxylic acids is 1. The zero-order valence-electron chi connectivity index (χ0n) is 10.4. The molecule has 1 fully saturated rings. The monoisotopic (exact) mass is 250 g/mol. The molecule has 6 heteroatoms. The third kappa shape index (κ3) is 2.96. The van der Waals surface area contributed by atoms with E-state index < -0.39 is 0 Å². The Kier molecular flexibility index (Phi) is 4.11. The second-order valence-electron chi connectivity index (χ2n) is 4.36. The molecule has 6 nitrogen and oxygen atoms in total. The van der Waals surface area contributed by atoms with E-state index in [9.17, 15) is 4.79 Å². The molecule has 1 unspecified atom stereocenters. The van der Waals surface area contributed by atoms with E-state index in [4.69, 9.17) is 10.6 Å². The number of hydrogen-bond acceptors (Lipinski definition) is 5. The Hall–Kier alpha value is -1.66. The van der Waals surface area contributed by atoms with Gasteiger partial charge in [-0.2, -0.15) is 0 Å². The van der Waals surface area contributed by atoms with Gasteiger partial charge in [-0.05, 0) is 25.5 Å². The first kappa shape index (κ1) is 12.8. The largest absolute Gasteiger partial charge is 0.377 e. The molecule has 98 valence electrons. The highest BCUT2D eigenvalue weighted by Crippen LogP contribution is 2.11. The minimum Gasteiger partial charge on any atom is -0.377 e. The smallest absolute Gasteiger partial charge is 0.272 e. The number of aromatic nitrogens is 1. The summed E-state index contributed by atoms with van der Waals surface area (Å²) in [7, 11) is 0. The number of nitrogen functional groups attached to an aromatic ring is 1. The molecule has 1 saturated heterocycles. The van der Waals surface area contributed by atoms with Gasteiger partial charge in [0.15, 0.2) is 0 Å². The summed E-state index contributed by atoms with van der Waals surface area (Å²) < 4.78 is 5.51. The average molecular weight is 250 g/mol. The highest BCUT2D eigenvalue weighted by Gasteiger charge is 2.21. The lowest BCUT2D eigenvalue weighted by molar-refractivity contribution is 0.0559. The van der Waals surface area contributed by atoms with Gasteiger partial charge in [-0.3, -0.25) is 10.6 Å². The van der Waals surface area contributed by atoms with Gasteiger partial charge >= 0.3 is 0 Å². The van der Waals surface area contributed by atoms with E-state index >= 15 is 0 Å². The number of ether oxygens (including phenoxy) is 1. The van der Waals surface area contributed by atoms with Crippen LogP contribution in [0.5, 0.6) is 0 Å². The minimum absolute atomic E-state index is 0.0593. The van der Waals surface area contributed by atoms with E-state index in [1.165, 1.54) is 0 Å². The molecule has 0 aromatic carbocycles. The van der Waals surface area contributed by atoms with Crippen molar-refractivity contribution in [2.24, 2.45) is 5.84 Å². The maximum Gasteiger partial charge on any atom is 0.272 e. The second kappa shape index (κ2) is 5.79. The molecule has 3 N–H and O–H groups in total. The van der Waals surface area contributed by atoms with Crippen LogP contribution in [0.15, 0.2) is 18.3 Å². The zero-order valence-corrected chi connectivity index (χ0v) is 10.4. The number of hydrogen-bond donors (Lipinski definition) is 2. The highest BCUT2D eigenvalue weighted by molar-refractivity contribution is 5.92. The van der Waals surface area contributed by atoms with Crippen LogP contribution in [0, 0.1) is 0 Å². The SMILES string of the molecule is CC1CN(C(=O)c2ccc(NN)cn2)CCCO1. The molecular weight excluding hydrogens is 232 g/mol. The molecule has 0 aliphatic carbocycles. The number of amides is 1. The number of nitrogens with one attached hydrogen (secondary N) is 1. The number of nitrogens with zero attached hydrogens (tertiary/aromatic N) is 2. The van der Waals surface area contributed by atoms with Gasteiger partial charge in [-0.1, -0.05) is 0 Å². The van der Waals surface area contributed by atoms with E-state index in [0.717, 1.165) is 6.42 Å². The van der Waals surface area contributed by atoms with Gasteiger partial charge in [0.25, 0.3) is 5.91 Å². The van der Waals surface area contributed by atoms with E-state index in [-0.39, 0.29) is 12.0 Å². The third-order valence-corrected chi connectivity index (χ3v) is 2.89. The second-order valence-corrected chi connectivity index (χ2v) is 4.36. The van der Waals surface area contributed by atoms with Gasteiger partial charge in [0.1, 0.15) is 5.69 Å². The lowest BCUT2D eigenvalue weighted by atomic mass is 10.2. The Labute approximate surface area is 106 Å². The van der Waals surface area contributed by atoms with Crippen LogP contribution in [-0.4, -0.2) is 41.6 Å². The first-order chi connectivity index (χ1) is 8.70. The van der Waals surface area contributed by atoms with Gasteiger partial charge in [-0.15, -0.1) is 0 Å². The van der Waals surface area contributed by atoms with Crippen LogP contribution in [-0.2, 0) is 4.74 Å². The lowest BCUT2D eigenvalue weighted by Gasteiger charge is -2.21. The van der Waals surface area contributed by atoms with Crippen LogP contribution < -0.4 is 11.3 Å². The Morgan fingerprint density at radius 1 is 1.61 bits per heavy atom. The Morgan fingerprint density at radius 2 is 2.44 bits per heavy atom. The number of pyridine rings is 1. The van der Waals surface area contributed by atoms with Crippen LogP contribution in [0.4, 0.5) is 5.69 Å². The fourth-order valence-electron chi connectivity index (χ4n) is 1.95. The van der Waals surface area contributed by atoms with Crippen molar-refractivity contribution in [3.05, 3.63) is 24.0 Å². The van der Waals surface area contributed by atoms with Gasteiger partial charge in [0.05, 0.1) is 18.0 Å². The number of carbonyl (C=O) groups is 1. The summed E-state index contributed by atoms with van der Waals surface area (Å²) in [6.45, 7) is 3.99. The van der Waals surface area contributed by atoms with E-state index in [1.54, 1.807) is 23.2 Å². The van der Waals surface area contributed by atoms with Crippen LogP contribution in [0.2, 0.25) is 0 Å². The standard InChI is InChI=1S/C12H18N4O2/c1-9-8-16(5-2-6-18-9)12(17)11-4-3-10(15-13)7-14-11/h3-4,7,9,15H,2,5-6,8,13H2,1H3. The molecule has 1 aromatic rings. The molecule has 1 aromatic heterocycles. The Bertz CT molecular complexity index is 407. The molecule has 0 saturated carbocycles. The number of rotatable bonds is 2. The molecule has 2 rings (SSSR count). The minimum atomic E-state index is -0.0593. The molecule has 0 bridgehead atoms. The van der Waals surface area contributed by atoms with Gasteiger partial charge in [0.2, 0.25) is 0 Å². The summed E-state index contributed by atoms with van der Waals surface area (Å²) in [4.78, 5) is 18.1. The quantitative estimate of drug-likeness (QED) is 0.594. The van der Waals surface area contributed by atoms with Crippen LogP contribution in [0.3, 0.4) is 0 Å². The van der Waals surface area contributed by atoms with E-state index in [2.05, 4.69) is 10.4 Å². The average Bonchev–Trinajstić information content (AvgIpc) is 2.63. The van der Waals surface area contributed by atoms with Gasteiger partial charge in [-0.25, -0.2) is 4.98 Å².